The first-order valence-corrected chi connectivity index (χ1v) is 4.24. The number of aliphatic hydroxyl groups is 2. The van der Waals surface area contributed by atoms with Crippen molar-refractivity contribution in [3.8, 4) is 0 Å². The average molecular weight is 196 g/mol. The molecule has 0 spiro atoms. The molecule has 76 valence electrons. The molecule has 14 heavy (non-hydrogen) atoms. The molecule has 0 atom stereocenters. The number of hydrogen-bond acceptors (Lipinski definition) is 3. The third-order valence-corrected chi connectivity index (χ3v) is 2.07. The van der Waals surface area contributed by atoms with E-state index in [0.717, 1.165) is 5.56 Å². The zero-order valence-corrected chi connectivity index (χ0v) is 7.55. The predicted octanol–water partition coefficient (Wildman–Crippen LogP) is 0.453. The Morgan fingerprint density at radius 3 is 2.00 bits per heavy atom. The molecule has 0 saturated heterocycles. The fourth-order valence-electron chi connectivity index (χ4n) is 1.17. The molecule has 0 aliphatic heterocycles. The summed E-state index contributed by atoms with van der Waals surface area (Å²) < 4.78 is 0. The molecule has 1 aromatic rings. The van der Waals surface area contributed by atoms with E-state index in [0.29, 0.717) is 0 Å². The van der Waals surface area contributed by atoms with Gasteiger partial charge in [-0.25, -0.2) is 4.79 Å². The first-order chi connectivity index (χ1) is 6.69. The van der Waals surface area contributed by atoms with Crippen LogP contribution in [0.4, 0.5) is 0 Å². The fraction of sp³-hybridized carbons (Fsp3) is 0.300. The zero-order valence-electron chi connectivity index (χ0n) is 7.55. The van der Waals surface area contributed by atoms with Gasteiger partial charge in [-0.15, -0.1) is 0 Å². The number of benzene rings is 1. The van der Waals surface area contributed by atoms with Crippen LogP contribution in [-0.4, -0.2) is 34.5 Å². The first-order valence-electron chi connectivity index (χ1n) is 4.24. The average Bonchev–Trinajstić information content (AvgIpc) is 2.20. The Morgan fingerprint density at radius 2 is 1.64 bits per heavy atom. The van der Waals surface area contributed by atoms with Gasteiger partial charge in [-0.2, -0.15) is 0 Å². The predicted molar refractivity (Wildman–Crippen MR) is 50.3 cm³/mol. The number of aromatic carboxylic acids is 1. The van der Waals surface area contributed by atoms with Crippen LogP contribution in [0.5, 0.6) is 0 Å². The number of aliphatic hydroxyl groups excluding tert-OH is 2. The van der Waals surface area contributed by atoms with Crippen LogP contribution in [0.2, 0.25) is 0 Å². The summed E-state index contributed by atoms with van der Waals surface area (Å²) in [7, 11) is 0. The lowest BCUT2D eigenvalue weighted by Crippen LogP contribution is -2.09. The Hall–Kier alpha value is -1.39. The van der Waals surface area contributed by atoms with Crippen molar-refractivity contribution in [3.05, 3.63) is 35.4 Å². The van der Waals surface area contributed by atoms with Crippen LogP contribution in [-0.2, 0) is 0 Å². The second-order valence-electron chi connectivity index (χ2n) is 2.99. The molecule has 0 bridgehead atoms. The summed E-state index contributed by atoms with van der Waals surface area (Å²) in [6, 6.07) is 6.10. The highest BCUT2D eigenvalue weighted by Gasteiger charge is 2.09. The molecule has 0 unspecified atom stereocenters. The highest BCUT2D eigenvalue weighted by atomic mass is 16.4. The second-order valence-corrected chi connectivity index (χ2v) is 2.99. The molecule has 3 N–H and O–H groups in total. The van der Waals surface area contributed by atoms with Crippen LogP contribution >= 0.6 is 0 Å². The summed E-state index contributed by atoms with van der Waals surface area (Å²) in [5.74, 6) is -1.32. The molecule has 4 heteroatoms. The summed E-state index contributed by atoms with van der Waals surface area (Å²) >= 11 is 0. The molecule has 0 heterocycles. The van der Waals surface area contributed by atoms with Crippen LogP contribution in [0, 0.1) is 0 Å². The number of carbonyl (C=O) groups is 1. The van der Waals surface area contributed by atoms with Gasteiger partial charge in [0, 0.05) is 5.92 Å². The van der Waals surface area contributed by atoms with Gasteiger partial charge in [0.15, 0.2) is 0 Å². The second kappa shape index (κ2) is 4.74. The summed E-state index contributed by atoms with van der Waals surface area (Å²) in [5.41, 5.74) is 0.934. The van der Waals surface area contributed by atoms with Gasteiger partial charge < -0.3 is 15.3 Å². The third kappa shape index (κ3) is 2.31. The van der Waals surface area contributed by atoms with E-state index in [-0.39, 0.29) is 24.7 Å². The van der Waals surface area contributed by atoms with Crippen molar-refractivity contribution in [2.24, 2.45) is 0 Å². The van der Waals surface area contributed by atoms with E-state index in [1.807, 2.05) is 0 Å². The van der Waals surface area contributed by atoms with Gasteiger partial charge in [-0.05, 0) is 17.7 Å². The topological polar surface area (TPSA) is 77.8 Å². The molecular weight excluding hydrogens is 184 g/mol. The van der Waals surface area contributed by atoms with E-state index >= 15 is 0 Å². The quantitative estimate of drug-likeness (QED) is 0.653. The molecule has 1 rings (SSSR count). The molecule has 0 fully saturated rings. The maximum absolute atomic E-state index is 10.5. The van der Waals surface area contributed by atoms with Gasteiger partial charge in [0.1, 0.15) is 0 Å². The van der Waals surface area contributed by atoms with Crippen LogP contribution in [0.25, 0.3) is 0 Å². The third-order valence-electron chi connectivity index (χ3n) is 2.07. The molecule has 4 nitrogen and oxygen atoms in total. The lowest BCUT2D eigenvalue weighted by molar-refractivity contribution is 0.0697. The Balaban J connectivity index is 2.87. The van der Waals surface area contributed by atoms with Crippen molar-refractivity contribution in [1.82, 2.24) is 0 Å². The first kappa shape index (κ1) is 10.7. The molecule has 0 amide bonds. The van der Waals surface area contributed by atoms with E-state index in [2.05, 4.69) is 0 Å². The van der Waals surface area contributed by atoms with Crippen LogP contribution in [0.3, 0.4) is 0 Å². The van der Waals surface area contributed by atoms with Gasteiger partial charge >= 0.3 is 5.97 Å². The number of carboxylic acids is 1. The van der Waals surface area contributed by atoms with Gasteiger partial charge in [0.2, 0.25) is 0 Å². The highest BCUT2D eigenvalue weighted by molar-refractivity contribution is 5.87. The van der Waals surface area contributed by atoms with E-state index in [1.54, 1.807) is 12.1 Å². The lowest BCUT2D eigenvalue weighted by atomic mass is 10.00. The summed E-state index contributed by atoms with van der Waals surface area (Å²) in [6.07, 6.45) is 0. The van der Waals surface area contributed by atoms with Crippen molar-refractivity contribution in [2.75, 3.05) is 13.2 Å². The van der Waals surface area contributed by atoms with Crippen LogP contribution in [0.1, 0.15) is 21.8 Å². The fourth-order valence-corrected chi connectivity index (χ4v) is 1.17. The molecular formula is C10H12O4. The van der Waals surface area contributed by atoms with E-state index in [4.69, 9.17) is 15.3 Å². The number of rotatable bonds is 4. The van der Waals surface area contributed by atoms with Crippen LogP contribution < -0.4 is 0 Å². The summed E-state index contributed by atoms with van der Waals surface area (Å²) in [5, 5.41) is 26.4. The van der Waals surface area contributed by atoms with Crippen molar-refractivity contribution in [3.63, 3.8) is 0 Å². The van der Waals surface area contributed by atoms with E-state index in [1.165, 1.54) is 12.1 Å². The standard InChI is InChI=1S/C10H12O4/c11-5-9(6-12)7-1-3-8(4-2-7)10(13)14/h1-4,9,11-12H,5-6H2,(H,13,14). The highest BCUT2D eigenvalue weighted by Crippen LogP contribution is 2.15. The van der Waals surface area contributed by atoms with Gasteiger partial charge in [0.05, 0.1) is 18.8 Å². The Morgan fingerprint density at radius 1 is 1.14 bits per heavy atom. The van der Waals surface area contributed by atoms with Crippen molar-refractivity contribution >= 4 is 5.97 Å². The molecule has 1 aromatic carbocycles. The monoisotopic (exact) mass is 196 g/mol. The summed E-state index contributed by atoms with van der Waals surface area (Å²) in [4.78, 5) is 10.5. The van der Waals surface area contributed by atoms with Crippen molar-refractivity contribution < 1.29 is 20.1 Å². The minimum atomic E-state index is -0.985. The Labute approximate surface area is 81.4 Å². The van der Waals surface area contributed by atoms with E-state index in [9.17, 15) is 4.79 Å². The van der Waals surface area contributed by atoms with E-state index < -0.39 is 5.97 Å². The minimum Gasteiger partial charge on any atom is -0.478 e. The van der Waals surface area contributed by atoms with Crippen molar-refractivity contribution in [2.45, 2.75) is 5.92 Å². The molecule has 0 saturated carbocycles. The zero-order chi connectivity index (χ0) is 10.6. The van der Waals surface area contributed by atoms with Gasteiger partial charge in [-0.3, -0.25) is 0 Å². The Bertz CT molecular complexity index is 300. The smallest absolute Gasteiger partial charge is 0.335 e. The molecule has 0 aromatic heterocycles. The van der Waals surface area contributed by atoms with Gasteiger partial charge in [-0.1, -0.05) is 12.1 Å². The maximum Gasteiger partial charge on any atom is 0.335 e. The molecule has 0 aliphatic carbocycles. The lowest BCUT2D eigenvalue weighted by Gasteiger charge is -2.10. The summed E-state index contributed by atoms with van der Waals surface area (Å²) in [6.45, 7) is -0.300. The normalized spacial score (nSPS) is 10.5. The minimum absolute atomic E-state index is 0.150. The van der Waals surface area contributed by atoms with Crippen molar-refractivity contribution in [1.29, 1.82) is 0 Å². The van der Waals surface area contributed by atoms with Crippen LogP contribution in [0.15, 0.2) is 24.3 Å². The number of hydrogen-bond donors (Lipinski definition) is 3. The van der Waals surface area contributed by atoms with Gasteiger partial charge in [0.25, 0.3) is 0 Å². The largest absolute Gasteiger partial charge is 0.478 e. The SMILES string of the molecule is O=C(O)c1ccc(C(CO)CO)cc1. The molecule has 0 aliphatic rings. The molecule has 0 radical (unpaired) electrons. The maximum atomic E-state index is 10.5. The number of carboxylic acid groups (broad SMARTS) is 1. The Kier molecular flexibility index (Phi) is 3.62.